The van der Waals surface area contributed by atoms with Crippen LogP contribution in [0.5, 0.6) is 0 Å². The number of carbonyl (C=O) groups excluding carboxylic acids is 1. The van der Waals surface area contributed by atoms with Gasteiger partial charge in [0.15, 0.2) is 0 Å². The van der Waals surface area contributed by atoms with Crippen LogP contribution in [0.1, 0.15) is 13.8 Å². The van der Waals surface area contributed by atoms with E-state index in [0.717, 1.165) is 4.31 Å². The lowest BCUT2D eigenvalue weighted by Gasteiger charge is -2.14. The van der Waals surface area contributed by atoms with Gasteiger partial charge in [-0.1, -0.05) is 0 Å². The SMILES string of the molecule is CCOC(=O)C(C)Nc1ccc(S(=O)(=O)N(C)C)cn1. The molecule has 0 aliphatic rings. The van der Waals surface area contributed by atoms with E-state index in [0.29, 0.717) is 12.4 Å². The quantitative estimate of drug-likeness (QED) is 0.778. The Morgan fingerprint density at radius 1 is 1.45 bits per heavy atom. The van der Waals surface area contributed by atoms with Crippen molar-refractivity contribution in [2.24, 2.45) is 0 Å². The number of carbonyl (C=O) groups is 1. The van der Waals surface area contributed by atoms with E-state index in [4.69, 9.17) is 4.74 Å². The number of anilines is 1. The highest BCUT2D eigenvalue weighted by molar-refractivity contribution is 7.89. The van der Waals surface area contributed by atoms with Crippen molar-refractivity contribution >= 4 is 21.8 Å². The van der Waals surface area contributed by atoms with Crippen molar-refractivity contribution in [3.63, 3.8) is 0 Å². The number of rotatable bonds is 6. The molecule has 8 heteroatoms. The van der Waals surface area contributed by atoms with Crippen molar-refractivity contribution in [3.8, 4) is 0 Å². The van der Waals surface area contributed by atoms with E-state index in [1.807, 2.05) is 0 Å². The minimum atomic E-state index is -3.50. The van der Waals surface area contributed by atoms with Crippen molar-refractivity contribution in [1.29, 1.82) is 0 Å². The highest BCUT2D eigenvalue weighted by Crippen LogP contribution is 2.14. The standard InChI is InChI=1S/C12H19N3O4S/c1-5-19-12(16)9(2)14-11-7-6-10(8-13-11)20(17,18)15(3)4/h6-9H,5H2,1-4H3,(H,13,14). The summed E-state index contributed by atoms with van der Waals surface area (Å²) in [4.78, 5) is 15.5. The van der Waals surface area contributed by atoms with Crippen LogP contribution in [0.4, 0.5) is 5.82 Å². The lowest BCUT2D eigenvalue weighted by Crippen LogP contribution is -2.28. The molecule has 1 aromatic rings. The molecule has 7 nitrogen and oxygen atoms in total. The first-order valence-corrected chi connectivity index (χ1v) is 7.54. The molecule has 112 valence electrons. The number of aromatic nitrogens is 1. The van der Waals surface area contributed by atoms with Gasteiger partial charge in [0, 0.05) is 20.3 Å². The Bertz CT molecular complexity index is 555. The van der Waals surface area contributed by atoms with E-state index in [2.05, 4.69) is 10.3 Å². The molecular formula is C12H19N3O4S. The molecule has 1 unspecified atom stereocenters. The minimum Gasteiger partial charge on any atom is -0.464 e. The first-order chi connectivity index (χ1) is 9.28. The van der Waals surface area contributed by atoms with Crippen LogP contribution in [-0.4, -0.2) is 50.4 Å². The molecule has 20 heavy (non-hydrogen) atoms. The van der Waals surface area contributed by atoms with Gasteiger partial charge in [0.25, 0.3) is 0 Å². The number of ether oxygens (including phenoxy) is 1. The molecule has 1 aromatic heterocycles. The summed E-state index contributed by atoms with van der Waals surface area (Å²) >= 11 is 0. The molecule has 0 aromatic carbocycles. The maximum absolute atomic E-state index is 11.9. The zero-order valence-corrected chi connectivity index (χ0v) is 12.8. The van der Waals surface area contributed by atoms with E-state index in [-0.39, 0.29) is 10.9 Å². The van der Waals surface area contributed by atoms with Crippen LogP contribution in [0.15, 0.2) is 23.2 Å². The third-order valence-electron chi connectivity index (χ3n) is 2.52. The van der Waals surface area contributed by atoms with Gasteiger partial charge in [0.1, 0.15) is 16.8 Å². The summed E-state index contributed by atoms with van der Waals surface area (Å²) in [7, 11) is -0.598. The number of hydrogen-bond donors (Lipinski definition) is 1. The van der Waals surface area contributed by atoms with Crippen molar-refractivity contribution in [2.75, 3.05) is 26.0 Å². The van der Waals surface area contributed by atoms with Gasteiger partial charge in [-0.15, -0.1) is 0 Å². The zero-order valence-electron chi connectivity index (χ0n) is 12.0. The summed E-state index contributed by atoms with van der Waals surface area (Å²) in [6.07, 6.45) is 1.25. The number of nitrogens with zero attached hydrogens (tertiary/aromatic N) is 2. The monoisotopic (exact) mass is 301 g/mol. The van der Waals surface area contributed by atoms with Crippen molar-refractivity contribution < 1.29 is 17.9 Å². The number of hydrogen-bond acceptors (Lipinski definition) is 6. The first kappa shape index (κ1) is 16.4. The van der Waals surface area contributed by atoms with Crippen LogP contribution in [0.25, 0.3) is 0 Å². The van der Waals surface area contributed by atoms with E-state index in [9.17, 15) is 13.2 Å². The second-order valence-electron chi connectivity index (χ2n) is 4.28. The summed E-state index contributed by atoms with van der Waals surface area (Å²) in [6, 6.07) is 2.38. The number of pyridine rings is 1. The van der Waals surface area contributed by atoms with Gasteiger partial charge in [-0.25, -0.2) is 22.5 Å². The van der Waals surface area contributed by atoms with Gasteiger partial charge >= 0.3 is 5.97 Å². The molecule has 0 amide bonds. The fraction of sp³-hybridized carbons (Fsp3) is 0.500. The number of nitrogens with one attached hydrogen (secondary N) is 1. The smallest absolute Gasteiger partial charge is 0.328 e. The van der Waals surface area contributed by atoms with Crippen LogP contribution in [-0.2, 0) is 19.6 Å². The molecule has 0 aliphatic heterocycles. The van der Waals surface area contributed by atoms with Gasteiger partial charge in [-0.2, -0.15) is 0 Å². The predicted molar refractivity (Wildman–Crippen MR) is 74.8 cm³/mol. The predicted octanol–water partition coefficient (Wildman–Crippen LogP) is 0.695. The fourth-order valence-electron chi connectivity index (χ4n) is 1.38. The second kappa shape index (κ2) is 6.67. The van der Waals surface area contributed by atoms with Gasteiger partial charge in [-0.3, -0.25) is 0 Å². The number of sulfonamides is 1. The van der Waals surface area contributed by atoms with Gasteiger partial charge < -0.3 is 10.1 Å². The summed E-state index contributed by atoms with van der Waals surface area (Å²) in [6.45, 7) is 3.67. The fourth-order valence-corrected chi connectivity index (χ4v) is 2.22. The summed E-state index contributed by atoms with van der Waals surface area (Å²) in [5, 5.41) is 2.84. The van der Waals surface area contributed by atoms with E-state index < -0.39 is 16.1 Å². The topological polar surface area (TPSA) is 88.6 Å². The first-order valence-electron chi connectivity index (χ1n) is 6.10. The molecule has 1 N–H and O–H groups in total. The van der Waals surface area contributed by atoms with E-state index in [1.54, 1.807) is 13.8 Å². The van der Waals surface area contributed by atoms with Crippen LogP contribution < -0.4 is 5.32 Å². The van der Waals surface area contributed by atoms with Gasteiger partial charge in [0.2, 0.25) is 10.0 Å². The summed E-state index contributed by atoms with van der Waals surface area (Å²) in [5.74, 6) is 0.0162. The molecule has 1 rings (SSSR count). The Kier molecular flexibility index (Phi) is 5.46. The largest absolute Gasteiger partial charge is 0.464 e. The van der Waals surface area contributed by atoms with Gasteiger partial charge in [0.05, 0.1) is 6.61 Å². The minimum absolute atomic E-state index is 0.0943. The number of esters is 1. The average molecular weight is 301 g/mol. The maximum Gasteiger partial charge on any atom is 0.328 e. The molecule has 0 bridgehead atoms. The van der Waals surface area contributed by atoms with Gasteiger partial charge in [-0.05, 0) is 26.0 Å². The molecule has 0 fully saturated rings. The van der Waals surface area contributed by atoms with Crippen molar-refractivity contribution in [3.05, 3.63) is 18.3 Å². The Morgan fingerprint density at radius 3 is 2.55 bits per heavy atom. The van der Waals surface area contributed by atoms with E-state index in [1.165, 1.54) is 32.4 Å². The second-order valence-corrected chi connectivity index (χ2v) is 6.44. The Balaban J connectivity index is 2.80. The highest BCUT2D eigenvalue weighted by Gasteiger charge is 2.18. The highest BCUT2D eigenvalue weighted by atomic mass is 32.2. The lowest BCUT2D eigenvalue weighted by atomic mass is 10.3. The molecule has 0 radical (unpaired) electrons. The Labute approximate surface area is 119 Å². The van der Waals surface area contributed by atoms with Crippen LogP contribution in [0, 0.1) is 0 Å². The molecule has 0 saturated carbocycles. The summed E-state index contributed by atoms with van der Waals surface area (Å²) < 4.78 is 29.7. The van der Waals surface area contributed by atoms with Crippen LogP contribution in [0.2, 0.25) is 0 Å². The molecule has 0 spiro atoms. The molecular weight excluding hydrogens is 282 g/mol. The van der Waals surface area contributed by atoms with Crippen LogP contribution >= 0.6 is 0 Å². The third kappa shape index (κ3) is 3.91. The molecule has 0 aliphatic carbocycles. The normalized spacial score (nSPS) is 13.1. The molecule has 0 saturated heterocycles. The average Bonchev–Trinajstić information content (AvgIpc) is 2.39. The summed E-state index contributed by atoms with van der Waals surface area (Å²) in [5.41, 5.74) is 0. The van der Waals surface area contributed by atoms with E-state index >= 15 is 0 Å². The molecule has 1 heterocycles. The Hall–Kier alpha value is -1.67. The van der Waals surface area contributed by atoms with Crippen molar-refractivity contribution in [1.82, 2.24) is 9.29 Å². The molecule has 1 atom stereocenters. The third-order valence-corrected chi connectivity index (χ3v) is 4.32. The zero-order chi connectivity index (χ0) is 15.3. The lowest BCUT2D eigenvalue weighted by molar-refractivity contribution is -0.143. The Morgan fingerprint density at radius 2 is 2.10 bits per heavy atom. The maximum atomic E-state index is 11.9. The van der Waals surface area contributed by atoms with Crippen molar-refractivity contribution in [2.45, 2.75) is 24.8 Å². The van der Waals surface area contributed by atoms with Crippen LogP contribution in [0.3, 0.4) is 0 Å².